The van der Waals surface area contributed by atoms with Gasteiger partial charge < -0.3 is 19.8 Å². The van der Waals surface area contributed by atoms with Crippen molar-refractivity contribution < 1.29 is 14.9 Å². The lowest BCUT2D eigenvalue weighted by molar-refractivity contribution is -0.0587. The van der Waals surface area contributed by atoms with Crippen LogP contribution in [0.2, 0.25) is 0 Å². The van der Waals surface area contributed by atoms with Crippen LogP contribution in [-0.4, -0.2) is 40.3 Å². The Morgan fingerprint density at radius 3 is 2.71 bits per heavy atom. The van der Waals surface area contributed by atoms with Crippen LogP contribution in [0.3, 0.4) is 0 Å². The van der Waals surface area contributed by atoms with Crippen LogP contribution in [0.5, 0.6) is 5.75 Å². The van der Waals surface area contributed by atoms with Gasteiger partial charge >= 0.3 is 0 Å². The van der Waals surface area contributed by atoms with Crippen LogP contribution in [-0.2, 0) is 12.8 Å². The first-order valence-corrected chi connectivity index (χ1v) is 10.6. The molecule has 2 heterocycles. The zero-order chi connectivity index (χ0) is 19.1. The van der Waals surface area contributed by atoms with Gasteiger partial charge in [-0.15, -0.1) is 0 Å². The summed E-state index contributed by atoms with van der Waals surface area (Å²) in [5.74, 6) is 0.827. The maximum atomic E-state index is 10.8. The molecule has 1 fully saturated rings. The Kier molecular flexibility index (Phi) is 4.66. The lowest BCUT2D eigenvalue weighted by atomic mass is 9.81. The molecule has 28 heavy (non-hydrogen) atoms. The van der Waals surface area contributed by atoms with Gasteiger partial charge in [0.15, 0.2) is 0 Å². The molecular weight excluding hydrogens is 350 g/mol. The number of hydrogen-bond acceptors (Lipinski definition) is 4. The fraction of sp³-hybridized carbons (Fsp3) is 0.500. The summed E-state index contributed by atoms with van der Waals surface area (Å²) in [7, 11) is 0. The van der Waals surface area contributed by atoms with Crippen molar-refractivity contribution in [2.24, 2.45) is 0 Å². The van der Waals surface area contributed by atoms with Crippen LogP contribution in [0.15, 0.2) is 42.5 Å². The number of hydrogen-bond donors (Lipinski definition) is 2. The predicted molar refractivity (Wildman–Crippen MR) is 108 cm³/mol. The number of β-amino-alcohol motifs (C(OH)–C–C–N with tert-alkyl or cyclic N) is 1. The molecule has 2 aromatic rings. The molecule has 4 nitrogen and oxygen atoms in total. The fourth-order valence-corrected chi connectivity index (χ4v) is 5.18. The highest BCUT2D eigenvalue weighted by Crippen LogP contribution is 2.44. The smallest absolute Gasteiger partial charge is 0.125 e. The normalized spacial score (nSPS) is 24.4. The Morgan fingerprint density at radius 1 is 1.07 bits per heavy atom. The number of nitrogens with zero attached hydrogens (tertiary/aromatic N) is 1. The van der Waals surface area contributed by atoms with Crippen molar-refractivity contribution in [1.29, 1.82) is 0 Å². The molecule has 1 saturated heterocycles. The number of piperidine rings is 1. The molecular formula is C24H29NO3. The third-order valence-corrected chi connectivity index (χ3v) is 6.88. The fourth-order valence-electron chi connectivity index (χ4n) is 5.18. The molecule has 0 amide bonds. The first-order valence-electron chi connectivity index (χ1n) is 10.6. The first-order chi connectivity index (χ1) is 13.6. The summed E-state index contributed by atoms with van der Waals surface area (Å²) in [5, 5.41) is 21.3. The quantitative estimate of drug-likeness (QED) is 0.856. The minimum absolute atomic E-state index is 0.275. The Balaban J connectivity index is 1.22. The first kappa shape index (κ1) is 18.2. The Morgan fingerprint density at radius 2 is 1.86 bits per heavy atom. The summed E-state index contributed by atoms with van der Waals surface area (Å²) >= 11 is 0. The van der Waals surface area contributed by atoms with E-state index >= 15 is 0 Å². The van der Waals surface area contributed by atoms with Crippen LogP contribution in [0, 0.1) is 0 Å². The summed E-state index contributed by atoms with van der Waals surface area (Å²) in [5.41, 5.74) is 4.53. The zero-order valence-corrected chi connectivity index (χ0v) is 16.3. The molecule has 2 aromatic carbocycles. The highest BCUT2D eigenvalue weighted by atomic mass is 16.5. The van der Waals surface area contributed by atoms with Crippen LogP contribution < -0.4 is 4.74 Å². The molecule has 0 aromatic heterocycles. The largest absolute Gasteiger partial charge is 0.487 e. The van der Waals surface area contributed by atoms with E-state index in [-0.39, 0.29) is 5.60 Å². The third-order valence-electron chi connectivity index (χ3n) is 6.88. The van der Waals surface area contributed by atoms with E-state index in [9.17, 15) is 10.2 Å². The molecule has 2 aliphatic heterocycles. The number of para-hydroxylation sites is 1. The summed E-state index contributed by atoms with van der Waals surface area (Å²) < 4.78 is 6.37. The second-order valence-corrected chi connectivity index (χ2v) is 8.74. The highest BCUT2D eigenvalue weighted by Gasteiger charge is 2.42. The monoisotopic (exact) mass is 379 g/mol. The molecule has 3 aliphatic rings. The molecule has 4 heteroatoms. The molecule has 0 unspecified atom stereocenters. The number of rotatable bonds is 3. The second-order valence-electron chi connectivity index (χ2n) is 8.74. The van der Waals surface area contributed by atoms with Crippen LogP contribution in [0.25, 0.3) is 0 Å². The third kappa shape index (κ3) is 3.34. The number of likely N-dealkylation sites (tertiary alicyclic amines) is 1. The van der Waals surface area contributed by atoms with Gasteiger partial charge in [0.25, 0.3) is 0 Å². The number of benzene rings is 2. The van der Waals surface area contributed by atoms with Gasteiger partial charge in [0.05, 0.1) is 12.2 Å². The second kappa shape index (κ2) is 7.18. The lowest BCUT2D eigenvalue weighted by Crippen LogP contribution is -2.51. The summed E-state index contributed by atoms with van der Waals surface area (Å²) in [6.07, 6.45) is 5.08. The maximum Gasteiger partial charge on any atom is 0.125 e. The molecule has 1 aliphatic carbocycles. The van der Waals surface area contributed by atoms with Crippen molar-refractivity contribution in [1.82, 2.24) is 4.90 Å². The van der Waals surface area contributed by atoms with Gasteiger partial charge in [0.2, 0.25) is 0 Å². The molecule has 0 bridgehead atoms. The van der Waals surface area contributed by atoms with Crippen molar-refractivity contribution in [2.75, 3.05) is 19.6 Å². The number of aliphatic hydroxyl groups is 2. The van der Waals surface area contributed by atoms with Gasteiger partial charge in [-0.2, -0.15) is 0 Å². The minimum Gasteiger partial charge on any atom is -0.487 e. The number of fused-ring (bicyclic) bond motifs is 2. The van der Waals surface area contributed by atoms with Crippen molar-refractivity contribution in [3.8, 4) is 5.75 Å². The van der Waals surface area contributed by atoms with E-state index in [2.05, 4.69) is 23.1 Å². The molecule has 0 radical (unpaired) electrons. The topological polar surface area (TPSA) is 52.9 Å². The van der Waals surface area contributed by atoms with Gasteiger partial charge in [-0.1, -0.05) is 36.4 Å². The minimum atomic E-state index is -0.450. The van der Waals surface area contributed by atoms with Crippen molar-refractivity contribution in [2.45, 2.75) is 56.3 Å². The van der Waals surface area contributed by atoms with E-state index in [0.717, 1.165) is 49.2 Å². The maximum absolute atomic E-state index is 10.8. The van der Waals surface area contributed by atoms with Crippen LogP contribution >= 0.6 is 0 Å². The van der Waals surface area contributed by atoms with E-state index in [4.69, 9.17) is 4.74 Å². The van der Waals surface area contributed by atoms with E-state index < -0.39 is 12.2 Å². The van der Waals surface area contributed by atoms with Gasteiger partial charge in [0.1, 0.15) is 11.4 Å². The Labute approximate surface area is 166 Å². The van der Waals surface area contributed by atoms with Gasteiger partial charge in [0, 0.05) is 31.6 Å². The van der Waals surface area contributed by atoms with E-state index in [1.165, 1.54) is 24.0 Å². The molecule has 5 rings (SSSR count). The Bertz CT molecular complexity index is 857. The molecule has 2 atom stereocenters. The molecule has 148 valence electrons. The zero-order valence-electron chi connectivity index (χ0n) is 16.3. The predicted octanol–water partition coefficient (Wildman–Crippen LogP) is 3.56. The number of ether oxygens (including phenoxy) is 1. The average molecular weight is 380 g/mol. The average Bonchev–Trinajstić information content (AvgIpc) is 3.18. The summed E-state index contributed by atoms with van der Waals surface area (Å²) in [6.45, 7) is 2.43. The van der Waals surface area contributed by atoms with E-state index in [0.29, 0.717) is 13.0 Å². The van der Waals surface area contributed by atoms with Crippen LogP contribution in [0.1, 0.15) is 60.1 Å². The van der Waals surface area contributed by atoms with E-state index in [1.54, 1.807) is 0 Å². The summed E-state index contributed by atoms with van der Waals surface area (Å²) in [6, 6.07) is 14.3. The molecule has 2 N–H and O–H groups in total. The van der Waals surface area contributed by atoms with Gasteiger partial charge in [-0.3, -0.25) is 0 Å². The van der Waals surface area contributed by atoms with Crippen molar-refractivity contribution >= 4 is 0 Å². The van der Waals surface area contributed by atoms with Gasteiger partial charge in [-0.05, 0) is 54.9 Å². The van der Waals surface area contributed by atoms with Crippen LogP contribution in [0.4, 0.5) is 0 Å². The number of aryl methyl sites for hydroxylation is 2. The number of aliphatic hydroxyl groups excluding tert-OH is 2. The van der Waals surface area contributed by atoms with Crippen molar-refractivity contribution in [3.63, 3.8) is 0 Å². The van der Waals surface area contributed by atoms with E-state index in [1.807, 2.05) is 24.3 Å². The lowest BCUT2D eigenvalue weighted by Gasteiger charge is -2.46. The molecule has 0 saturated carbocycles. The SMILES string of the molecule is O[C@H](CN1CCC2(CC1)C[C@@H](O)c1ccccc1O2)c1ccc2c(c1)CCC2. The Hall–Kier alpha value is -1.88. The van der Waals surface area contributed by atoms with Crippen molar-refractivity contribution in [3.05, 3.63) is 64.7 Å². The standard InChI is InChI=1S/C24H29NO3/c26-21-15-24(28-23-7-2-1-6-20(21)23)10-12-25(13-11-24)16-22(27)19-9-8-17-4-3-5-18(17)14-19/h1-2,6-9,14,21-22,26-27H,3-5,10-13,15-16H2/t21-,22-/m1/s1. The summed E-state index contributed by atoms with van der Waals surface area (Å²) in [4.78, 5) is 2.33. The molecule has 1 spiro atoms. The van der Waals surface area contributed by atoms with Gasteiger partial charge in [-0.25, -0.2) is 0 Å². The highest BCUT2D eigenvalue weighted by molar-refractivity contribution is 5.38.